The highest BCUT2D eigenvalue weighted by molar-refractivity contribution is 7.18. The van der Waals surface area contributed by atoms with Crippen LogP contribution in [0.4, 0.5) is 0 Å². The summed E-state index contributed by atoms with van der Waals surface area (Å²) in [5.41, 5.74) is 2.77. The fraction of sp³-hybridized carbons (Fsp3) is 0.407. The Balaban J connectivity index is 1.09. The molecule has 36 heavy (non-hydrogen) atoms. The maximum atomic E-state index is 10.6. The predicted octanol–water partition coefficient (Wildman–Crippen LogP) is 4.21. The van der Waals surface area contributed by atoms with Gasteiger partial charge in [-0.3, -0.25) is 9.80 Å². The van der Waals surface area contributed by atoms with Crippen LogP contribution in [-0.4, -0.2) is 77.1 Å². The number of aryl methyl sites for hydroxylation is 1. The van der Waals surface area contributed by atoms with Crippen molar-refractivity contribution in [3.05, 3.63) is 59.3 Å². The fourth-order valence-electron chi connectivity index (χ4n) is 4.62. The third kappa shape index (κ3) is 5.87. The summed E-state index contributed by atoms with van der Waals surface area (Å²) in [4.78, 5) is 9.20. The Morgan fingerprint density at radius 1 is 1.14 bits per heavy atom. The lowest BCUT2D eigenvalue weighted by Gasteiger charge is -2.40. The van der Waals surface area contributed by atoms with E-state index in [0.29, 0.717) is 19.1 Å². The Morgan fingerprint density at radius 2 is 1.94 bits per heavy atom. The van der Waals surface area contributed by atoms with Crippen LogP contribution in [0.5, 0.6) is 11.5 Å². The van der Waals surface area contributed by atoms with E-state index in [9.17, 15) is 5.11 Å². The first kappa shape index (κ1) is 24.7. The zero-order valence-corrected chi connectivity index (χ0v) is 21.7. The molecule has 1 fully saturated rings. The third-order valence-corrected chi connectivity index (χ3v) is 7.48. The van der Waals surface area contributed by atoms with Crippen molar-refractivity contribution < 1.29 is 19.1 Å². The SMILES string of the molecule is COc1ccc(-c2cc(CN3CCN(CC(O)COc4ccc5sc(C)nc5c4)C(C)C3)on2)cc1. The van der Waals surface area contributed by atoms with Crippen molar-refractivity contribution >= 4 is 21.6 Å². The maximum absolute atomic E-state index is 10.6. The Hall–Kier alpha value is -2.98. The van der Waals surface area contributed by atoms with E-state index < -0.39 is 6.10 Å². The number of methoxy groups -OCH3 is 1. The monoisotopic (exact) mass is 508 g/mol. The second-order valence-corrected chi connectivity index (χ2v) is 10.5. The number of hydrogen-bond acceptors (Lipinski definition) is 9. The molecular formula is C27H32N4O4S. The van der Waals surface area contributed by atoms with Gasteiger partial charge < -0.3 is 19.1 Å². The lowest BCUT2D eigenvalue weighted by Crippen LogP contribution is -2.53. The topological polar surface area (TPSA) is 84.1 Å². The first-order valence-electron chi connectivity index (χ1n) is 12.2. The average Bonchev–Trinajstić information content (AvgIpc) is 3.49. The molecule has 190 valence electrons. The summed E-state index contributed by atoms with van der Waals surface area (Å²) in [7, 11) is 1.66. The predicted molar refractivity (Wildman–Crippen MR) is 141 cm³/mol. The maximum Gasteiger partial charge on any atom is 0.151 e. The highest BCUT2D eigenvalue weighted by Crippen LogP contribution is 2.26. The van der Waals surface area contributed by atoms with Crippen LogP contribution in [-0.2, 0) is 6.54 Å². The van der Waals surface area contributed by atoms with Gasteiger partial charge in [0.1, 0.15) is 29.9 Å². The van der Waals surface area contributed by atoms with E-state index in [1.165, 1.54) is 0 Å². The molecule has 4 aromatic rings. The van der Waals surface area contributed by atoms with Crippen LogP contribution in [0.2, 0.25) is 0 Å². The lowest BCUT2D eigenvalue weighted by atomic mass is 10.1. The van der Waals surface area contributed by atoms with Crippen molar-refractivity contribution in [2.24, 2.45) is 0 Å². The van der Waals surface area contributed by atoms with Gasteiger partial charge in [0, 0.05) is 49.9 Å². The number of hydrogen-bond donors (Lipinski definition) is 1. The quantitative estimate of drug-likeness (QED) is 0.360. The Labute approximate surface area is 215 Å². The zero-order valence-electron chi connectivity index (χ0n) is 20.9. The first-order valence-corrected chi connectivity index (χ1v) is 13.0. The van der Waals surface area contributed by atoms with Gasteiger partial charge in [0.15, 0.2) is 5.76 Å². The van der Waals surface area contributed by atoms with E-state index in [4.69, 9.17) is 14.0 Å². The number of nitrogens with zero attached hydrogens (tertiary/aromatic N) is 4. The normalized spacial score (nSPS) is 17.9. The first-order chi connectivity index (χ1) is 17.5. The van der Waals surface area contributed by atoms with E-state index in [-0.39, 0.29) is 6.61 Å². The zero-order chi connectivity index (χ0) is 25.1. The Bertz CT molecular complexity index is 1290. The van der Waals surface area contributed by atoms with Crippen LogP contribution in [0.25, 0.3) is 21.5 Å². The molecular weight excluding hydrogens is 476 g/mol. The lowest BCUT2D eigenvalue weighted by molar-refractivity contribution is 0.0178. The van der Waals surface area contributed by atoms with Gasteiger partial charge in [0.25, 0.3) is 0 Å². The number of aliphatic hydroxyl groups is 1. The number of β-amino-alcohol motifs (C(OH)–C–C–N with tert-alkyl or cyclic N) is 1. The molecule has 0 bridgehead atoms. The number of benzene rings is 2. The van der Waals surface area contributed by atoms with E-state index in [0.717, 1.165) is 63.4 Å². The average molecular weight is 509 g/mol. The van der Waals surface area contributed by atoms with Gasteiger partial charge >= 0.3 is 0 Å². The third-order valence-electron chi connectivity index (χ3n) is 6.53. The molecule has 1 aliphatic rings. The molecule has 8 nitrogen and oxygen atoms in total. The Kier molecular flexibility index (Phi) is 7.52. The van der Waals surface area contributed by atoms with Crippen LogP contribution in [0, 0.1) is 6.92 Å². The number of aromatic nitrogens is 2. The van der Waals surface area contributed by atoms with Gasteiger partial charge in [0.2, 0.25) is 0 Å². The van der Waals surface area contributed by atoms with Crippen molar-refractivity contribution in [2.45, 2.75) is 32.5 Å². The largest absolute Gasteiger partial charge is 0.497 e. The second-order valence-electron chi connectivity index (χ2n) is 9.31. The van der Waals surface area contributed by atoms with Gasteiger partial charge in [-0.05, 0) is 50.2 Å². The standard InChI is InChI=1S/C27H32N4O4S/c1-18-14-30(16-24-13-25(29-35-24)20-4-6-22(33-3)7-5-20)10-11-31(18)15-21(32)17-34-23-8-9-27-26(12-23)28-19(2)36-27/h4-9,12-13,18,21,32H,10-11,14-17H2,1-3H3. The minimum atomic E-state index is -0.562. The second kappa shape index (κ2) is 11.0. The summed E-state index contributed by atoms with van der Waals surface area (Å²) in [5.74, 6) is 2.41. The smallest absolute Gasteiger partial charge is 0.151 e. The van der Waals surface area contributed by atoms with Crippen LogP contribution in [0.3, 0.4) is 0 Å². The van der Waals surface area contributed by atoms with Crippen LogP contribution < -0.4 is 9.47 Å². The number of fused-ring (bicyclic) bond motifs is 1. The molecule has 1 aliphatic heterocycles. The number of rotatable bonds is 9. The molecule has 2 aromatic heterocycles. The molecule has 2 atom stereocenters. The molecule has 0 spiro atoms. The summed E-state index contributed by atoms with van der Waals surface area (Å²) in [6, 6.07) is 16.0. The van der Waals surface area contributed by atoms with E-state index in [1.807, 2.05) is 55.5 Å². The minimum absolute atomic E-state index is 0.258. The fourth-order valence-corrected chi connectivity index (χ4v) is 5.43. The molecule has 3 heterocycles. The van der Waals surface area contributed by atoms with Crippen LogP contribution >= 0.6 is 11.3 Å². The van der Waals surface area contributed by atoms with Gasteiger partial charge in [-0.15, -0.1) is 11.3 Å². The summed E-state index contributed by atoms with van der Waals surface area (Å²) in [6.07, 6.45) is -0.562. The van der Waals surface area contributed by atoms with E-state index >= 15 is 0 Å². The number of ether oxygens (including phenoxy) is 2. The molecule has 0 radical (unpaired) electrons. The van der Waals surface area contributed by atoms with Crippen molar-refractivity contribution in [1.29, 1.82) is 0 Å². The number of aliphatic hydroxyl groups excluding tert-OH is 1. The minimum Gasteiger partial charge on any atom is -0.497 e. The molecule has 0 aliphatic carbocycles. The number of piperazine rings is 1. The summed E-state index contributed by atoms with van der Waals surface area (Å²) >= 11 is 1.67. The van der Waals surface area contributed by atoms with E-state index in [2.05, 4.69) is 26.9 Å². The molecule has 0 saturated carbocycles. The van der Waals surface area contributed by atoms with Crippen molar-refractivity contribution in [3.63, 3.8) is 0 Å². The van der Waals surface area contributed by atoms with Crippen LogP contribution in [0.15, 0.2) is 53.1 Å². The van der Waals surface area contributed by atoms with Gasteiger partial charge in [-0.1, -0.05) is 5.16 Å². The highest BCUT2D eigenvalue weighted by Gasteiger charge is 2.26. The van der Waals surface area contributed by atoms with Crippen molar-refractivity contribution in [3.8, 4) is 22.8 Å². The van der Waals surface area contributed by atoms with Crippen molar-refractivity contribution in [1.82, 2.24) is 19.9 Å². The molecule has 2 unspecified atom stereocenters. The molecule has 2 aromatic carbocycles. The summed E-state index contributed by atoms with van der Waals surface area (Å²) in [5, 5.41) is 15.9. The molecule has 1 saturated heterocycles. The molecule has 0 amide bonds. The van der Waals surface area contributed by atoms with Gasteiger partial charge in [-0.25, -0.2) is 4.98 Å². The summed E-state index contributed by atoms with van der Waals surface area (Å²) < 4.78 is 17.8. The Morgan fingerprint density at radius 3 is 2.72 bits per heavy atom. The van der Waals surface area contributed by atoms with Gasteiger partial charge in [0.05, 0.1) is 28.9 Å². The molecule has 5 rings (SSSR count). The summed E-state index contributed by atoms with van der Waals surface area (Å²) in [6.45, 7) is 8.42. The highest BCUT2D eigenvalue weighted by atomic mass is 32.1. The molecule has 1 N–H and O–H groups in total. The van der Waals surface area contributed by atoms with Gasteiger partial charge in [-0.2, -0.15) is 0 Å². The molecule has 9 heteroatoms. The van der Waals surface area contributed by atoms with Crippen molar-refractivity contribution in [2.75, 3.05) is 39.9 Å². The van der Waals surface area contributed by atoms with Crippen LogP contribution in [0.1, 0.15) is 17.7 Å². The van der Waals surface area contributed by atoms with E-state index in [1.54, 1.807) is 18.4 Å². The number of thiazole rings is 1.